The van der Waals surface area contributed by atoms with Crippen LogP contribution in [0.3, 0.4) is 0 Å². The summed E-state index contributed by atoms with van der Waals surface area (Å²) >= 11 is 0. The Morgan fingerprint density at radius 2 is 2.06 bits per heavy atom. The second kappa shape index (κ2) is 5.00. The molecule has 0 aliphatic rings. The lowest BCUT2D eigenvalue weighted by atomic mass is 10.1. The predicted octanol–water partition coefficient (Wildman–Crippen LogP) is 1.96. The first-order chi connectivity index (χ1) is 7.84. The number of hydrogen-bond donors (Lipinski definition) is 1. The van der Waals surface area contributed by atoms with Gasteiger partial charge in [0, 0.05) is 18.7 Å². The zero-order valence-corrected chi connectivity index (χ0v) is 11.1. The van der Waals surface area contributed by atoms with Crippen molar-refractivity contribution in [3.8, 4) is 6.07 Å². The normalized spacial score (nSPS) is 10.8. The van der Waals surface area contributed by atoms with Gasteiger partial charge < -0.3 is 10.2 Å². The van der Waals surface area contributed by atoms with E-state index < -0.39 is 0 Å². The Labute approximate surface area is 102 Å². The molecular weight excluding hydrogens is 214 g/mol. The van der Waals surface area contributed by atoms with Crippen LogP contribution in [0.5, 0.6) is 0 Å². The highest BCUT2D eigenvalue weighted by molar-refractivity contribution is 5.50. The molecule has 1 aromatic rings. The molecule has 1 N–H and O–H groups in total. The van der Waals surface area contributed by atoms with Gasteiger partial charge in [0.25, 0.3) is 0 Å². The molecule has 0 radical (unpaired) electrons. The molecule has 0 spiro atoms. The first-order valence-corrected chi connectivity index (χ1v) is 5.55. The minimum absolute atomic E-state index is 0.00665. The summed E-state index contributed by atoms with van der Waals surface area (Å²) in [5, 5.41) is 11.5. The Bertz CT molecular complexity index is 428. The van der Waals surface area contributed by atoms with Crippen LogP contribution < -0.4 is 10.2 Å². The third-order valence-electron chi connectivity index (χ3n) is 2.52. The van der Waals surface area contributed by atoms with Crippen molar-refractivity contribution in [1.82, 2.24) is 9.97 Å². The van der Waals surface area contributed by atoms with Crippen molar-refractivity contribution >= 4 is 11.6 Å². The smallest absolute Gasteiger partial charge is 0.134 e. The van der Waals surface area contributed by atoms with Gasteiger partial charge in [0.2, 0.25) is 0 Å². The number of rotatable bonds is 3. The van der Waals surface area contributed by atoms with Gasteiger partial charge in [-0.05, 0) is 27.7 Å². The Morgan fingerprint density at radius 3 is 2.59 bits per heavy atom. The van der Waals surface area contributed by atoms with Gasteiger partial charge in [-0.25, -0.2) is 9.97 Å². The molecule has 92 valence electrons. The average molecular weight is 233 g/mol. The fourth-order valence-corrected chi connectivity index (χ4v) is 1.29. The standard InChI is InChI=1S/C12H19N5/c1-9-15-10(14-7-6-13)8-11(16-9)17(5)12(2,3)4/h8H,7H2,1-5H3,(H,14,15,16). The van der Waals surface area contributed by atoms with Crippen molar-refractivity contribution in [3.05, 3.63) is 11.9 Å². The maximum absolute atomic E-state index is 8.54. The van der Waals surface area contributed by atoms with E-state index in [4.69, 9.17) is 5.26 Å². The highest BCUT2D eigenvalue weighted by Crippen LogP contribution is 2.21. The van der Waals surface area contributed by atoms with E-state index in [2.05, 4.69) is 41.0 Å². The molecule has 0 aliphatic carbocycles. The molecule has 0 amide bonds. The summed E-state index contributed by atoms with van der Waals surface area (Å²) in [4.78, 5) is 10.7. The summed E-state index contributed by atoms with van der Waals surface area (Å²) in [6.07, 6.45) is 0. The summed E-state index contributed by atoms with van der Waals surface area (Å²) in [5.74, 6) is 2.23. The van der Waals surface area contributed by atoms with E-state index in [0.717, 1.165) is 5.82 Å². The highest BCUT2D eigenvalue weighted by Gasteiger charge is 2.19. The van der Waals surface area contributed by atoms with Crippen molar-refractivity contribution < 1.29 is 0 Å². The van der Waals surface area contributed by atoms with Crippen LogP contribution in [0.15, 0.2) is 6.07 Å². The number of anilines is 2. The van der Waals surface area contributed by atoms with E-state index in [1.165, 1.54) is 0 Å². The van der Waals surface area contributed by atoms with Crippen LogP contribution in [0.2, 0.25) is 0 Å². The lowest BCUT2D eigenvalue weighted by Crippen LogP contribution is -2.38. The quantitative estimate of drug-likeness (QED) is 0.808. The van der Waals surface area contributed by atoms with E-state index in [0.29, 0.717) is 11.6 Å². The van der Waals surface area contributed by atoms with Gasteiger partial charge in [-0.15, -0.1) is 0 Å². The second-order valence-corrected chi connectivity index (χ2v) is 4.90. The fourth-order valence-electron chi connectivity index (χ4n) is 1.29. The van der Waals surface area contributed by atoms with Gasteiger partial charge in [-0.2, -0.15) is 5.26 Å². The van der Waals surface area contributed by atoms with Crippen molar-refractivity contribution in [2.75, 3.05) is 23.8 Å². The summed E-state index contributed by atoms with van der Waals surface area (Å²) in [6, 6.07) is 3.89. The van der Waals surface area contributed by atoms with E-state index in [1.54, 1.807) is 0 Å². The topological polar surface area (TPSA) is 64.8 Å². The van der Waals surface area contributed by atoms with Crippen molar-refractivity contribution in [3.63, 3.8) is 0 Å². The number of nitriles is 1. The molecule has 0 saturated heterocycles. The van der Waals surface area contributed by atoms with E-state index >= 15 is 0 Å². The molecule has 1 heterocycles. The van der Waals surface area contributed by atoms with Crippen LogP contribution >= 0.6 is 0 Å². The van der Waals surface area contributed by atoms with E-state index in [-0.39, 0.29) is 12.1 Å². The van der Waals surface area contributed by atoms with Crippen LogP contribution in [0, 0.1) is 18.3 Å². The van der Waals surface area contributed by atoms with Crippen LogP contribution in [0.25, 0.3) is 0 Å². The lowest BCUT2D eigenvalue weighted by Gasteiger charge is -2.33. The molecule has 5 heteroatoms. The summed E-state index contributed by atoms with van der Waals surface area (Å²) in [6.45, 7) is 8.44. The lowest BCUT2D eigenvalue weighted by molar-refractivity contribution is 0.533. The zero-order chi connectivity index (χ0) is 13.1. The molecule has 0 aromatic carbocycles. The number of nitrogens with one attached hydrogen (secondary N) is 1. The molecule has 0 unspecified atom stereocenters. The Morgan fingerprint density at radius 1 is 1.41 bits per heavy atom. The Hall–Kier alpha value is -1.83. The number of aromatic nitrogens is 2. The maximum Gasteiger partial charge on any atom is 0.134 e. The maximum atomic E-state index is 8.54. The van der Waals surface area contributed by atoms with Gasteiger partial charge in [-0.3, -0.25) is 0 Å². The number of nitrogens with zero attached hydrogens (tertiary/aromatic N) is 4. The highest BCUT2D eigenvalue weighted by atomic mass is 15.2. The predicted molar refractivity (Wildman–Crippen MR) is 69.0 cm³/mol. The monoisotopic (exact) mass is 233 g/mol. The fraction of sp³-hybridized carbons (Fsp3) is 0.583. The van der Waals surface area contributed by atoms with E-state index in [9.17, 15) is 0 Å². The van der Waals surface area contributed by atoms with Gasteiger partial charge in [0.05, 0.1) is 6.07 Å². The summed E-state index contributed by atoms with van der Waals surface area (Å²) in [5.41, 5.74) is -0.00665. The first-order valence-electron chi connectivity index (χ1n) is 5.55. The largest absolute Gasteiger partial charge is 0.357 e. The molecule has 0 aliphatic heterocycles. The number of aryl methyl sites for hydroxylation is 1. The minimum atomic E-state index is -0.00665. The average Bonchev–Trinajstić information content (AvgIpc) is 2.23. The molecule has 1 rings (SSSR count). The molecule has 0 fully saturated rings. The molecule has 0 atom stereocenters. The Kier molecular flexibility index (Phi) is 3.89. The molecular formula is C12H19N5. The van der Waals surface area contributed by atoms with Gasteiger partial charge in [0.15, 0.2) is 0 Å². The van der Waals surface area contributed by atoms with Crippen LogP contribution in [-0.4, -0.2) is 29.1 Å². The van der Waals surface area contributed by atoms with E-state index in [1.807, 2.05) is 26.1 Å². The SMILES string of the molecule is Cc1nc(NCC#N)cc(N(C)C(C)(C)C)n1. The van der Waals surface area contributed by atoms with Gasteiger partial charge >= 0.3 is 0 Å². The molecule has 0 saturated carbocycles. The van der Waals surface area contributed by atoms with Crippen molar-refractivity contribution in [2.24, 2.45) is 0 Å². The zero-order valence-electron chi connectivity index (χ0n) is 11.1. The molecule has 0 bridgehead atoms. The van der Waals surface area contributed by atoms with Crippen LogP contribution in [-0.2, 0) is 0 Å². The van der Waals surface area contributed by atoms with Crippen molar-refractivity contribution in [1.29, 1.82) is 5.26 Å². The van der Waals surface area contributed by atoms with Crippen LogP contribution in [0.4, 0.5) is 11.6 Å². The molecule has 5 nitrogen and oxygen atoms in total. The third kappa shape index (κ3) is 3.59. The first kappa shape index (κ1) is 13.2. The van der Waals surface area contributed by atoms with Gasteiger partial charge in [0.1, 0.15) is 24.0 Å². The minimum Gasteiger partial charge on any atom is -0.357 e. The number of hydrogen-bond acceptors (Lipinski definition) is 5. The second-order valence-electron chi connectivity index (χ2n) is 4.90. The summed E-state index contributed by atoms with van der Waals surface area (Å²) < 4.78 is 0. The molecule has 17 heavy (non-hydrogen) atoms. The Balaban J connectivity index is 3.01. The molecule has 1 aromatic heterocycles. The van der Waals surface area contributed by atoms with Crippen molar-refractivity contribution in [2.45, 2.75) is 33.2 Å². The third-order valence-corrected chi connectivity index (χ3v) is 2.52. The van der Waals surface area contributed by atoms with Crippen LogP contribution in [0.1, 0.15) is 26.6 Å². The van der Waals surface area contributed by atoms with Gasteiger partial charge in [-0.1, -0.05) is 0 Å². The summed E-state index contributed by atoms with van der Waals surface area (Å²) in [7, 11) is 2.00.